The number of amides is 1. The van der Waals surface area contributed by atoms with Crippen LogP contribution in [0.1, 0.15) is 19.3 Å². The van der Waals surface area contributed by atoms with Crippen LogP contribution in [0.4, 0.5) is 0 Å². The van der Waals surface area contributed by atoms with Crippen molar-refractivity contribution in [3.05, 3.63) is 17.5 Å². The predicted molar refractivity (Wildman–Crippen MR) is 87.7 cm³/mol. The molecule has 3 fully saturated rings. The lowest BCUT2D eigenvalue weighted by Gasteiger charge is -2.38. The molecule has 3 saturated heterocycles. The van der Waals surface area contributed by atoms with Crippen molar-refractivity contribution >= 4 is 27.3 Å². The quantitative estimate of drug-likeness (QED) is 0.849. The average Bonchev–Trinajstić information content (AvgIpc) is 3.16. The Balaban J connectivity index is 1.47. The SMILES string of the molecule is O=C1NCCN2CC3(CCN(S(=O)(=O)c4cccs4)CC3)CC12. The van der Waals surface area contributed by atoms with E-state index < -0.39 is 10.0 Å². The van der Waals surface area contributed by atoms with Crippen molar-refractivity contribution in [2.75, 3.05) is 32.7 Å². The summed E-state index contributed by atoms with van der Waals surface area (Å²) in [6.07, 6.45) is 2.56. The summed E-state index contributed by atoms with van der Waals surface area (Å²) in [5.74, 6) is 0.141. The number of hydrogen-bond acceptors (Lipinski definition) is 5. The van der Waals surface area contributed by atoms with Gasteiger partial charge in [-0.1, -0.05) is 6.07 Å². The summed E-state index contributed by atoms with van der Waals surface area (Å²) in [5, 5.41) is 4.74. The highest BCUT2D eigenvalue weighted by Crippen LogP contribution is 2.44. The number of nitrogens with one attached hydrogen (secondary N) is 1. The van der Waals surface area contributed by atoms with Crippen molar-refractivity contribution in [3.63, 3.8) is 0 Å². The van der Waals surface area contributed by atoms with Crippen molar-refractivity contribution < 1.29 is 13.2 Å². The van der Waals surface area contributed by atoms with Gasteiger partial charge in [-0.05, 0) is 36.1 Å². The average molecular weight is 355 g/mol. The second kappa shape index (κ2) is 5.54. The summed E-state index contributed by atoms with van der Waals surface area (Å²) in [5.41, 5.74) is 0.105. The largest absolute Gasteiger partial charge is 0.353 e. The lowest BCUT2D eigenvalue weighted by Crippen LogP contribution is -2.52. The van der Waals surface area contributed by atoms with Gasteiger partial charge in [-0.15, -0.1) is 11.3 Å². The molecule has 1 aromatic heterocycles. The zero-order valence-electron chi connectivity index (χ0n) is 12.9. The van der Waals surface area contributed by atoms with Gasteiger partial charge in [0, 0.05) is 32.7 Å². The Labute approximate surface area is 140 Å². The molecule has 4 rings (SSSR count). The fraction of sp³-hybridized carbons (Fsp3) is 0.667. The number of piperazine rings is 1. The van der Waals surface area contributed by atoms with E-state index >= 15 is 0 Å². The van der Waals surface area contributed by atoms with E-state index in [1.807, 2.05) is 0 Å². The molecule has 1 aromatic rings. The van der Waals surface area contributed by atoms with Crippen LogP contribution >= 0.6 is 11.3 Å². The summed E-state index contributed by atoms with van der Waals surface area (Å²) in [6, 6.07) is 3.44. The molecule has 3 aliphatic heterocycles. The maximum atomic E-state index is 12.6. The number of carbonyl (C=O) groups is 1. The van der Waals surface area contributed by atoms with Crippen LogP contribution in [0.2, 0.25) is 0 Å². The van der Waals surface area contributed by atoms with Gasteiger partial charge in [-0.3, -0.25) is 9.69 Å². The lowest BCUT2D eigenvalue weighted by molar-refractivity contribution is -0.127. The highest BCUT2D eigenvalue weighted by molar-refractivity contribution is 7.91. The Morgan fingerprint density at radius 3 is 2.70 bits per heavy atom. The van der Waals surface area contributed by atoms with Gasteiger partial charge in [0.2, 0.25) is 5.91 Å². The van der Waals surface area contributed by atoms with Crippen LogP contribution < -0.4 is 5.32 Å². The first-order valence-electron chi connectivity index (χ1n) is 8.06. The van der Waals surface area contributed by atoms with Crippen molar-refractivity contribution in [3.8, 4) is 0 Å². The molecule has 1 unspecified atom stereocenters. The molecule has 23 heavy (non-hydrogen) atoms. The Hall–Kier alpha value is -0.960. The Morgan fingerprint density at radius 1 is 1.26 bits per heavy atom. The number of fused-ring (bicyclic) bond motifs is 1. The molecule has 4 heterocycles. The number of carbonyl (C=O) groups excluding carboxylic acids is 1. The molecular formula is C15H21N3O3S2. The highest BCUT2D eigenvalue weighted by atomic mass is 32.2. The molecule has 0 bridgehead atoms. The summed E-state index contributed by atoms with van der Waals surface area (Å²) in [4.78, 5) is 14.3. The number of thiophene rings is 1. The van der Waals surface area contributed by atoms with E-state index in [1.54, 1.807) is 21.8 Å². The molecule has 1 amide bonds. The minimum atomic E-state index is -3.34. The third-order valence-corrected chi connectivity index (χ3v) is 8.75. The summed E-state index contributed by atoms with van der Waals surface area (Å²) in [6.45, 7) is 3.68. The summed E-state index contributed by atoms with van der Waals surface area (Å²) in [7, 11) is -3.34. The Morgan fingerprint density at radius 2 is 2.04 bits per heavy atom. The number of piperidine rings is 1. The molecule has 0 radical (unpaired) electrons. The van der Waals surface area contributed by atoms with E-state index in [2.05, 4.69) is 10.2 Å². The fourth-order valence-electron chi connectivity index (χ4n) is 4.18. The summed E-state index contributed by atoms with van der Waals surface area (Å²) < 4.78 is 27.3. The van der Waals surface area contributed by atoms with Gasteiger partial charge in [0.1, 0.15) is 4.21 Å². The van der Waals surface area contributed by atoms with Crippen LogP contribution in [0.5, 0.6) is 0 Å². The molecule has 0 aliphatic carbocycles. The first-order chi connectivity index (χ1) is 11.0. The monoisotopic (exact) mass is 355 g/mol. The van der Waals surface area contributed by atoms with Crippen molar-refractivity contribution in [1.29, 1.82) is 0 Å². The van der Waals surface area contributed by atoms with Gasteiger partial charge >= 0.3 is 0 Å². The molecule has 0 aromatic carbocycles. The topological polar surface area (TPSA) is 69.7 Å². The standard InChI is InChI=1S/C15H21N3O3S2/c19-14-12-10-15(11-17(12)8-5-16-14)3-6-18(7-4-15)23(20,21)13-2-1-9-22-13/h1-2,9,12H,3-8,10-11H2,(H,16,19). The molecule has 1 N–H and O–H groups in total. The van der Waals surface area contributed by atoms with Gasteiger partial charge < -0.3 is 5.32 Å². The fourth-order valence-corrected chi connectivity index (χ4v) is 6.77. The van der Waals surface area contributed by atoms with E-state index in [1.165, 1.54) is 11.3 Å². The van der Waals surface area contributed by atoms with Crippen LogP contribution in [-0.4, -0.2) is 62.3 Å². The number of nitrogens with zero attached hydrogens (tertiary/aromatic N) is 2. The zero-order valence-corrected chi connectivity index (χ0v) is 14.5. The maximum absolute atomic E-state index is 12.6. The molecular weight excluding hydrogens is 334 g/mol. The molecule has 1 spiro atoms. The Kier molecular flexibility index (Phi) is 3.75. The van der Waals surface area contributed by atoms with E-state index in [0.29, 0.717) is 17.3 Å². The van der Waals surface area contributed by atoms with E-state index in [0.717, 1.165) is 38.9 Å². The minimum Gasteiger partial charge on any atom is -0.353 e. The van der Waals surface area contributed by atoms with Crippen LogP contribution in [0.3, 0.4) is 0 Å². The molecule has 1 atom stereocenters. The lowest BCUT2D eigenvalue weighted by atomic mass is 9.77. The van der Waals surface area contributed by atoms with Gasteiger partial charge in [0.15, 0.2) is 0 Å². The minimum absolute atomic E-state index is 0.01000. The van der Waals surface area contributed by atoms with Crippen LogP contribution in [0.15, 0.2) is 21.7 Å². The predicted octanol–water partition coefficient (Wildman–Crippen LogP) is 0.723. The van der Waals surface area contributed by atoms with Crippen LogP contribution in [-0.2, 0) is 14.8 Å². The normalized spacial score (nSPS) is 28.7. The Bertz CT molecular complexity index is 694. The third-order valence-electron chi connectivity index (χ3n) is 5.48. The molecule has 0 saturated carbocycles. The van der Waals surface area contributed by atoms with Gasteiger partial charge in [0.05, 0.1) is 6.04 Å². The van der Waals surface area contributed by atoms with E-state index in [4.69, 9.17) is 0 Å². The van der Waals surface area contributed by atoms with Crippen molar-refractivity contribution in [1.82, 2.24) is 14.5 Å². The van der Waals surface area contributed by atoms with Crippen molar-refractivity contribution in [2.24, 2.45) is 5.41 Å². The second-order valence-corrected chi connectivity index (χ2v) is 9.93. The van der Waals surface area contributed by atoms with E-state index in [-0.39, 0.29) is 17.4 Å². The first kappa shape index (κ1) is 15.6. The van der Waals surface area contributed by atoms with Crippen molar-refractivity contribution in [2.45, 2.75) is 29.5 Å². The molecule has 3 aliphatic rings. The summed E-state index contributed by atoms with van der Waals surface area (Å²) >= 11 is 1.27. The third kappa shape index (κ3) is 2.61. The second-order valence-electron chi connectivity index (χ2n) is 6.82. The van der Waals surface area contributed by atoms with E-state index in [9.17, 15) is 13.2 Å². The van der Waals surface area contributed by atoms with Crippen LogP contribution in [0, 0.1) is 5.41 Å². The first-order valence-corrected chi connectivity index (χ1v) is 10.4. The van der Waals surface area contributed by atoms with Crippen LogP contribution in [0.25, 0.3) is 0 Å². The number of hydrogen-bond donors (Lipinski definition) is 1. The molecule has 8 heteroatoms. The number of sulfonamides is 1. The maximum Gasteiger partial charge on any atom is 0.252 e. The zero-order chi connectivity index (χ0) is 16.1. The highest BCUT2D eigenvalue weighted by Gasteiger charge is 2.49. The smallest absolute Gasteiger partial charge is 0.252 e. The molecule has 126 valence electrons. The van der Waals surface area contributed by atoms with Gasteiger partial charge in [-0.2, -0.15) is 4.31 Å². The number of rotatable bonds is 2. The molecule has 6 nitrogen and oxygen atoms in total. The van der Waals surface area contributed by atoms with Gasteiger partial charge in [-0.25, -0.2) is 8.42 Å². The van der Waals surface area contributed by atoms with Gasteiger partial charge in [0.25, 0.3) is 10.0 Å².